The van der Waals surface area contributed by atoms with Crippen LogP contribution in [0.15, 0.2) is 24.4 Å². The number of aromatic nitrogens is 2. The first-order valence-corrected chi connectivity index (χ1v) is 14.1. The zero-order valence-corrected chi connectivity index (χ0v) is 23.7. The van der Waals surface area contributed by atoms with Crippen LogP contribution in [0.5, 0.6) is 0 Å². The van der Waals surface area contributed by atoms with E-state index < -0.39 is 17.4 Å². The highest BCUT2D eigenvalue weighted by Gasteiger charge is 2.62. The average molecular weight is 563 g/mol. The van der Waals surface area contributed by atoms with Gasteiger partial charge in [-0.3, -0.25) is 19.1 Å². The molecule has 6 nitrogen and oxygen atoms in total. The lowest BCUT2D eigenvalue weighted by Gasteiger charge is -2.44. The van der Waals surface area contributed by atoms with Gasteiger partial charge in [0.2, 0.25) is 0 Å². The summed E-state index contributed by atoms with van der Waals surface area (Å²) in [7, 11) is 0. The van der Waals surface area contributed by atoms with Gasteiger partial charge in [-0.05, 0) is 82.8 Å². The Hall–Kier alpha value is -2.25. The first kappa shape index (κ1) is 27.3. The highest BCUT2D eigenvalue weighted by atomic mass is 35.5. The zero-order valence-electron chi connectivity index (χ0n) is 22.2. The minimum Gasteiger partial charge on any atom is -0.328 e. The highest BCUT2D eigenvalue weighted by Crippen LogP contribution is 2.66. The molecule has 0 saturated heterocycles. The van der Waals surface area contributed by atoms with Crippen LogP contribution in [-0.2, 0) is 4.79 Å². The second kappa shape index (κ2) is 9.74. The van der Waals surface area contributed by atoms with Gasteiger partial charge in [-0.15, -0.1) is 0 Å². The molecule has 204 valence electrons. The fraction of sp³-hybridized carbons (Fsp3) is 0.586. The van der Waals surface area contributed by atoms with Crippen LogP contribution in [0.1, 0.15) is 97.7 Å². The van der Waals surface area contributed by atoms with E-state index in [1.165, 1.54) is 11.1 Å². The van der Waals surface area contributed by atoms with Crippen LogP contribution in [0.3, 0.4) is 0 Å². The van der Waals surface area contributed by atoms with Crippen LogP contribution >= 0.6 is 23.2 Å². The minimum atomic E-state index is -1.51. The van der Waals surface area contributed by atoms with E-state index in [0.717, 1.165) is 38.5 Å². The van der Waals surface area contributed by atoms with E-state index in [9.17, 15) is 14.4 Å². The maximum Gasteiger partial charge on any atom is 0.257 e. The number of amides is 1. The van der Waals surface area contributed by atoms with Gasteiger partial charge in [0.1, 0.15) is 11.5 Å². The molecule has 0 unspecified atom stereocenters. The molecule has 0 N–H and O–H groups in total. The van der Waals surface area contributed by atoms with Crippen molar-refractivity contribution in [3.8, 4) is 0 Å². The van der Waals surface area contributed by atoms with E-state index in [1.807, 2.05) is 18.5 Å². The molecule has 3 aliphatic rings. The third-order valence-electron chi connectivity index (χ3n) is 9.21. The summed E-state index contributed by atoms with van der Waals surface area (Å²) in [5.41, 5.74) is -0.565. The van der Waals surface area contributed by atoms with Crippen LogP contribution in [0, 0.1) is 17.8 Å². The van der Waals surface area contributed by atoms with Crippen LogP contribution in [0.4, 0.5) is 4.39 Å². The second-order valence-electron chi connectivity index (χ2n) is 12.1. The van der Waals surface area contributed by atoms with Gasteiger partial charge in [-0.2, -0.15) is 5.10 Å². The van der Waals surface area contributed by atoms with Crippen LogP contribution < -0.4 is 0 Å². The number of benzene rings is 1. The Bertz CT molecular complexity index is 1270. The summed E-state index contributed by atoms with van der Waals surface area (Å²) < 4.78 is 17.6. The number of Topliss-reactive ketones (excluding diaryl/α,β-unsaturated/α-hetero) is 2. The molecule has 3 aliphatic carbocycles. The molecule has 0 radical (unpaired) electrons. The van der Waals surface area contributed by atoms with Gasteiger partial charge in [-0.1, -0.05) is 36.2 Å². The Morgan fingerprint density at radius 1 is 1.11 bits per heavy atom. The zero-order chi connectivity index (χ0) is 27.5. The first-order valence-electron chi connectivity index (χ1n) is 13.4. The molecule has 1 amide bonds. The van der Waals surface area contributed by atoms with Gasteiger partial charge in [0, 0.05) is 11.1 Å². The van der Waals surface area contributed by atoms with Crippen LogP contribution in [-0.4, -0.2) is 50.9 Å². The molecular formula is C29H34Cl2FN3O3. The van der Waals surface area contributed by atoms with E-state index in [2.05, 4.69) is 5.10 Å². The van der Waals surface area contributed by atoms with E-state index >= 15 is 4.39 Å². The van der Waals surface area contributed by atoms with Crippen molar-refractivity contribution in [3.05, 3.63) is 51.3 Å². The molecule has 0 bridgehead atoms. The Labute approximate surface area is 232 Å². The van der Waals surface area contributed by atoms with Crippen LogP contribution in [0.2, 0.25) is 10.0 Å². The summed E-state index contributed by atoms with van der Waals surface area (Å²) in [5.74, 6) is -0.658. The molecule has 0 atom stereocenters. The third-order valence-corrected chi connectivity index (χ3v) is 9.84. The normalized spacial score (nSPS) is 25.1. The largest absolute Gasteiger partial charge is 0.328 e. The van der Waals surface area contributed by atoms with Crippen LogP contribution in [0.25, 0.3) is 0 Å². The Balaban J connectivity index is 1.37. The maximum absolute atomic E-state index is 15.7. The predicted molar refractivity (Wildman–Crippen MR) is 145 cm³/mol. The highest BCUT2D eigenvalue weighted by molar-refractivity contribution is 6.40. The molecule has 5 rings (SSSR count). The molecule has 0 aliphatic heterocycles. The molecule has 38 heavy (non-hydrogen) atoms. The van der Waals surface area contributed by atoms with E-state index in [-0.39, 0.29) is 51.4 Å². The molecule has 3 fully saturated rings. The van der Waals surface area contributed by atoms with Gasteiger partial charge >= 0.3 is 0 Å². The second-order valence-corrected chi connectivity index (χ2v) is 12.9. The Kier molecular flexibility index (Phi) is 7.00. The number of carbonyl (C=O) groups excluding carboxylic acids is 3. The number of nitrogens with zero attached hydrogens (tertiary/aromatic N) is 3. The van der Waals surface area contributed by atoms with Crippen molar-refractivity contribution in [2.24, 2.45) is 10.8 Å². The van der Waals surface area contributed by atoms with Gasteiger partial charge in [0.15, 0.2) is 5.78 Å². The monoisotopic (exact) mass is 561 g/mol. The molecule has 1 spiro atoms. The smallest absolute Gasteiger partial charge is 0.257 e. The quantitative estimate of drug-likeness (QED) is 0.331. The molecule has 1 heterocycles. The van der Waals surface area contributed by atoms with Gasteiger partial charge < -0.3 is 4.90 Å². The van der Waals surface area contributed by atoms with E-state index in [0.29, 0.717) is 24.1 Å². The Morgan fingerprint density at radius 3 is 2.26 bits per heavy atom. The fourth-order valence-electron chi connectivity index (χ4n) is 6.50. The summed E-state index contributed by atoms with van der Waals surface area (Å²) in [4.78, 5) is 40.5. The lowest BCUT2D eigenvalue weighted by Crippen LogP contribution is -2.52. The molecule has 3 saturated carbocycles. The first-order chi connectivity index (χ1) is 17.9. The van der Waals surface area contributed by atoms with Gasteiger partial charge in [0.25, 0.3) is 5.91 Å². The molecule has 2 aromatic rings. The summed E-state index contributed by atoms with van der Waals surface area (Å²) in [5, 5.41) is 4.92. The van der Waals surface area contributed by atoms with E-state index in [1.54, 1.807) is 25.1 Å². The molecule has 1 aromatic heterocycles. The summed E-state index contributed by atoms with van der Waals surface area (Å²) in [6, 6.07) is 4.87. The van der Waals surface area contributed by atoms with Crippen molar-refractivity contribution in [3.63, 3.8) is 0 Å². The van der Waals surface area contributed by atoms with Crippen molar-refractivity contribution >= 4 is 40.7 Å². The molecule has 9 heteroatoms. The number of halogens is 3. The summed E-state index contributed by atoms with van der Waals surface area (Å²) >= 11 is 12.5. The maximum atomic E-state index is 15.7. The average Bonchev–Trinajstić information content (AvgIpc) is 3.51. The summed E-state index contributed by atoms with van der Waals surface area (Å²) in [6.45, 7) is 5.00. The van der Waals surface area contributed by atoms with Gasteiger partial charge in [0.05, 0.1) is 46.5 Å². The van der Waals surface area contributed by atoms with Gasteiger partial charge in [-0.25, -0.2) is 4.39 Å². The number of alkyl halides is 1. The lowest BCUT2D eigenvalue weighted by atomic mass is 9.69. The Morgan fingerprint density at radius 2 is 1.71 bits per heavy atom. The third kappa shape index (κ3) is 5.04. The van der Waals surface area contributed by atoms with Crippen molar-refractivity contribution in [2.75, 3.05) is 13.1 Å². The van der Waals surface area contributed by atoms with E-state index in [4.69, 9.17) is 23.2 Å². The minimum absolute atomic E-state index is 0.0786. The van der Waals surface area contributed by atoms with Crippen molar-refractivity contribution in [1.82, 2.24) is 14.7 Å². The standard InChI is InChI=1S/C29H34Cl2FN3O3/c1-18-21(13-33-35(18)20-7-9-27(3,10-8-20)19(2)36)26(38)34(17-29(32)15-28(16-29)11-12-28)14-24(37)25-22(30)5-4-6-23(25)31/h4-6,13,20H,7-12,14-17H2,1-3H3. The number of rotatable bonds is 8. The number of hydrogen-bond donors (Lipinski definition) is 0. The predicted octanol–water partition coefficient (Wildman–Crippen LogP) is 6.82. The SMILES string of the molecule is CC(=O)C1(C)CCC(n2ncc(C(=O)N(CC(=O)c3c(Cl)cccc3Cl)CC3(F)CC4(CC4)C3)c2C)CC1. The lowest BCUT2D eigenvalue weighted by molar-refractivity contribution is -0.127. The number of ketones is 2. The van der Waals surface area contributed by atoms with Crippen molar-refractivity contribution in [2.45, 2.75) is 83.8 Å². The topological polar surface area (TPSA) is 72.3 Å². The number of hydrogen-bond acceptors (Lipinski definition) is 4. The molecular weight excluding hydrogens is 528 g/mol. The fourth-order valence-corrected chi connectivity index (χ4v) is 7.11. The van der Waals surface area contributed by atoms with Crippen molar-refractivity contribution < 1.29 is 18.8 Å². The number of carbonyl (C=O) groups is 3. The summed E-state index contributed by atoms with van der Waals surface area (Å²) in [6.07, 6.45) is 7.50. The van der Waals surface area contributed by atoms with Crippen molar-refractivity contribution in [1.29, 1.82) is 0 Å². The molecule has 1 aromatic carbocycles.